The molecule has 3 fully saturated rings. The minimum absolute atomic E-state index is 0.00595. The van der Waals surface area contributed by atoms with Gasteiger partial charge in [0.15, 0.2) is 5.79 Å². The van der Waals surface area contributed by atoms with E-state index in [0.717, 1.165) is 17.5 Å². The van der Waals surface area contributed by atoms with Gasteiger partial charge in [0.1, 0.15) is 5.75 Å². The Morgan fingerprint density at radius 2 is 1.51 bits per heavy atom. The number of methoxy groups -OCH3 is 1. The highest BCUT2D eigenvalue weighted by atomic mass is 28.4. The van der Waals surface area contributed by atoms with Crippen LogP contribution in [0.3, 0.4) is 0 Å². The van der Waals surface area contributed by atoms with Crippen molar-refractivity contribution in [2.75, 3.05) is 13.7 Å². The summed E-state index contributed by atoms with van der Waals surface area (Å²) in [5, 5.41) is 24.9. The predicted molar refractivity (Wildman–Crippen MR) is 168 cm³/mol. The number of carbonyl (C=O) groups excluding carboxylic acids is 3. The predicted octanol–water partition coefficient (Wildman–Crippen LogP) is 4.12. The van der Waals surface area contributed by atoms with E-state index in [1.165, 1.54) is 0 Å². The van der Waals surface area contributed by atoms with Gasteiger partial charge in [0, 0.05) is 24.0 Å². The van der Waals surface area contributed by atoms with E-state index < -0.39 is 61.8 Å². The maximum atomic E-state index is 13.6. The van der Waals surface area contributed by atoms with Crippen molar-refractivity contribution in [1.82, 2.24) is 4.90 Å². The number of para-hydroxylation sites is 1. The second-order valence-electron chi connectivity index (χ2n) is 13.3. The molecule has 0 spiro atoms. The highest BCUT2D eigenvalue weighted by molar-refractivity contribution is 6.99. The van der Waals surface area contributed by atoms with Crippen LogP contribution in [0.4, 0.5) is 4.79 Å². The molecule has 9 nitrogen and oxygen atoms in total. The summed E-state index contributed by atoms with van der Waals surface area (Å²) >= 11 is 0. The minimum atomic E-state index is -3.04. The van der Waals surface area contributed by atoms with Crippen LogP contribution in [0.5, 0.6) is 5.75 Å². The van der Waals surface area contributed by atoms with Gasteiger partial charge in [-0.2, -0.15) is 4.90 Å². The molecule has 6 rings (SSSR count). The standard InChI is InChI=1S/C35H39NO8Si/c1-34(2,3)45(23-13-7-5-8-14-23,24-15-9-6-10-16-24)43-21-22-19-26-30(32(39)36(31(26)38)33(40)42-4)27-20-29(44-35(22,27)41)25-17-11-12-18-28(25)37/h5-18,22,26-27,29-30,37,41H,19-21H2,1-4H3/t22-,26+,27+,29+,30+,35-/m1/s1. The Morgan fingerprint density at radius 3 is 2.07 bits per heavy atom. The molecule has 3 aromatic rings. The fourth-order valence-electron chi connectivity index (χ4n) is 7.89. The van der Waals surface area contributed by atoms with Crippen LogP contribution in [-0.4, -0.2) is 60.8 Å². The number of hydrogen-bond donors (Lipinski definition) is 2. The Kier molecular flexibility index (Phi) is 7.97. The van der Waals surface area contributed by atoms with Gasteiger partial charge in [-0.3, -0.25) is 9.59 Å². The fraction of sp³-hybridized carbons (Fsp3) is 0.400. The lowest BCUT2D eigenvalue weighted by atomic mass is 9.64. The number of phenolic OH excluding ortho intramolecular Hbond substituents is 1. The van der Waals surface area contributed by atoms with E-state index in [0.29, 0.717) is 10.5 Å². The highest BCUT2D eigenvalue weighted by Gasteiger charge is 2.68. The zero-order chi connectivity index (χ0) is 32.1. The van der Waals surface area contributed by atoms with Gasteiger partial charge in [0.05, 0.1) is 25.0 Å². The van der Waals surface area contributed by atoms with Gasteiger partial charge < -0.3 is 24.1 Å². The Labute approximate surface area is 263 Å². The van der Waals surface area contributed by atoms with Gasteiger partial charge in [-0.05, 0) is 34.3 Å². The smallest absolute Gasteiger partial charge is 0.423 e. The van der Waals surface area contributed by atoms with Gasteiger partial charge in [-0.25, -0.2) is 4.79 Å². The van der Waals surface area contributed by atoms with Crippen molar-refractivity contribution in [3.05, 3.63) is 90.5 Å². The average molecular weight is 630 g/mol. The Bertz CT molecular complexity index is 1550. The lowest BCUT2D eigenvalue weighted by Gasteiger charge is -2.48. The third-order valence-electron chi connectivity index (χ3n) is 9.92. The molecule has 2 saturated heterocycles. The molecule has 45 heavy (non-hydrogen) atoms. The van der Waals surface area contributed by atoms with Crippen molar-refractivity contribution in [2.45, 2.75) is 50.5 Å². The van der Waals surface area contributed by atoms with Crippen molar-refractivity contribution >= 4 is 36.6 Å². The Balaban J connectivity index is 1.43. The number of aromatic hydroxyl groups is 1. The lowest BCUT2D eigenvalue weighted by Crippen LogP contribution is -2.67. The van der Waals surface area contributed by atoms with Crippen LogP contribution >= 0.6 is 0 Å². The quantitative estimate of drug-likeness (QED) is 0.309. The number of likely N-dealkylation sites (tertiary alicyclic amines) is 1. The minimum Gasteiger partial charge on any atom is -0.508 e. The molecule has 0 aromatic heterocycles. The summed E-state index contributed by atoms with van der Waals surface area (Å²) < 4.78 is 18.4. The van der Waals surface area contributed by atoms with E-state index in [1.54, 1.807) is 24.3 Å². The number of benzene rings is 3. The monoisotopic (exact) mass is 629 g/mol. The second kappa shape index (κ2) is 11.5. The van der Waals surface area contributed by atoms with Crippen LogP contribution in [0.1, 0.15) is 45.3 Å². The first-order valence-corrected chi connectivity index (χ1v) is 17.2. The number of carbonyl (C=O) groups is 3. The molecule has 2 heterocycles. The molecule has 0 bridgehead atoms. The van der Waals surface area contributed by atoms with Crippen LogP contribution in [0.15, 0.2) is 84.9 Å². The van der Waals surface area contributed by atoms with Crippen molar-refractivity contribution in [3.63, 3.8) is 0 Å². The van der Waals surface area contributed by atoms with Gasteiger partial charge in [0.25, 0.3) is 8.32 Å². The number of amides is 3. The summed E-state index contributed by atoms with van der Waals surface area (Å²) in [4.78, 5) is 40.4. The number of aliphatic hydroxyl groups is 1. The molecule has 6 atom stereocenters. The molecule has 2 aliphatic heterocycles. The van der Waals surface area contributed by atoms with E-state index in [2.05, 4.69) is 45.0 Å². The van der Waals surface area contributed by atoms with Crippen LogP contribution < -0.4 is 10.4 Å². The molecular weight excluding hydrogens is 590 g/mol. The highest BCUT2D eigenvalue weighted by Crippen LogP contribution is 2.59. The molecule has 1 aliphatic carbocycles. The zero-order valence-electron chi connectivity index (χ0n) is 25.9. The summed E-state index contributed by atoms with van der Waals surface area (Å²) in [6, 6.07) is 26.9. The summed E-state index contributed by atoms with van der Waals surface area (Å²) in [6.45, 7) is 6.50. The number of rotatable bonds is 6. The van der Waals surface area contributed by atoms with E-state index >= 15 is 0 Å². The molecule has 3 aromatic carbocycles. The van der Waals surface area contributed by atoms with Gasteiger partial charge in [0.2, 0.25) is 11.8 Å². The molecule has 236 valence electrons. The zero-order valence-corrected chi connectivity index (χ0v) is 26.9. The molecule has 3 aliphatic rings. The summed E-state index contributed by atoms with van der Waals surface area (Å²) in [5.41, 5.74) is 0.477. The molecular formula is C35H39NO8Si. The fourth-order valence-corrected chi connectivity index (χ4v) is 12.5. The van der Waals surface area contributed by atoms with Crippen molar-refractivity contribution in [3.8, 4) is 5.75 Å². The molecule has 10 heteroatoms. The van der Waals surface area contributed by atoms with Crippen molar-refractivity contribution in [2.24, 2.45) is 23.7 Å². The second-order valence-corrected chi connectivity index (χ2v) is 17.6. The van der Waals surface area contributed by atoms with Gasteiger partial charge in [-0.15, -0.1) is 0 Å². The average Bonchev–Trinajstić information content (AvgIpc) is 3.50. The number of nitrogens with zero attached hydrogens (tertiary/aromatic N) is 1. The third-order valence-corrected chi connectivity index (χ3v) is 14.9. The largest absolute Gasteiger partial charge is 0.508 e. The lowest BCUT2D eigenvalue weighted by molar-refractivity contribution is -0.273. The normalized spacial score (nSPS) is 28.1. The SMILES string of the molecule is COC(=O)N1C(=O)[C@H]2[C@H](C[C@H](CO[Si](c3ccccc3)(c3ccccc3)C(C)(C)C)[C@@]3(O)O[C@H](c4ccccc4O)C[C@@H]23)C1=O. The number of fused-ring (bicyclic) bond motifs is 3. The number of phenols is 1. The molecule has 3 amide bonds. The Morgan fingerprint density at radius 1 is 0.933 bits per heavy atom. The summed E-state index contributed by atoms with van der Waals surface area (Å²) in [7, 11) is -1.92. The molecule has 0 unspecified atom stereocenters. The van der Waals surface area contributed by atoms with E-state index in [-0.39, 0.29) is 30.2 Å². The topological polar surface area (TPSA) is 123 Å². The molecule has 0 radical (unpaired) electrons. The van der Waals surface area contributed by atoms with Crippen molar-refractivity contribution < 1.29 is 38.5 Å². The maximum Gasteiger partial charge on any atom is 0.423 e. The van der Waals surface area contributed by atoms with E-state index in [1.807, 2.05) is 36.4 Å². The van der Waals surface area contributed by atoms with Gasteiger partial charge in [-0.1, -0.05) is 99.6 Å². The number of hydrogen-bond acceptors (Lipinski definition) is 8. The van der Waals surface area contributed by atoms with Crippen LogP contribution in [0.2, 0.25) is 5.04 Å². The molecule has 2 N–H and O–H groups in total. The number of ether oxygens (including phenoxy) is 2. The van der Waals surface area contributed by atoms with Crippen molar-refractivity contribution in [1.29, 1.82) is 0 Å². The molecule has 1 saturated carbocycles. The number of imide groups is 3. The first kappa shape index (κ1) is 31.2. The first-order chi connectivity index (χ1) is 21.4. The van der Waals surface area contributed by atoms with Gasteiger partial charge >= 0.3 is 6.09 Å². The van der Waals surface area contributed by atoms with Crippen LogP contribution in [0, 0.1) is 23.7 Å². The Hall–Kier alpha value is -3.83. The maximum absolute atomic E-state index is 13.6. The summed E-state index contributed by atoms with van der Waals surface area (Å²) in [5.74, 6) is -6.61. The van der Waals surface area contributed by atoms with E-state index in [4.69, 9.17) is 13.9 Å². The van der Waals surface area contributed by atoms with E-state index in [9.17, 15) is 24.6 Å². The third kappa shape index (κ3) is 4.91. The first-order valence-electron chi connectivity index (χ1n) is 15.3. The van der Waals surface area contributed by atoms with Crippen LogP contribution in [-0.2, 0) is 23.5 Å². The summed E-state index contributed by atoms with van der Waals surface area (Å²) in [6.07, 6.45) is -1.55. The van der Waals surface area contributed by atoms with Crippen LogP contribution in [0.25, 0.3) is 0 Å².